The summed E-state index contributed by atoms with van der Waals surface area (Å²) in [6.45, 7) is 6.66. The van der Waals surface area contributed by atoms with Crippen molar-refractivity contribution in [2.24, 2.45) is 0 Å². The zero-order valence-electron chi connectivity index (χ0n) is 16.5. The van der Waals surface area contributed by atoms with Gasteiger partial charge in [0.1, 0.15) is 16.5 Å². The highest BCUT2D eigenvalue weighted by Crippen LogP contribution is 2.23. The molecule has 7 heteroatoms. The lowest BCUT2D eigenvalue weighted by Gasteiger charge is -2.34. The van der Waals surface area contributed by atoms with Crippen molar-refractivity contribution in [1.82, 2.24) is 14.8 Å². The monoisotopic (exact) mass is 411 g/mol. The van der Waals surface area contributed by atoms with Crippen molar-refractivity contribution in [2.75, 3.05) is 32.8 Å². The van der Waals surface area contributed by atoms with Crippen LogP contribution in [0.2, 0.25) is 0 Å². The van der Waals surface area contributed by atoms with Gasteiger partial charge in [-0.25, -0.2) is 4.98 Å². The number of aromatic nitrogens is 1. The summed E-state index contributed by atoms with van der Waals surface area (Å²) < 4.78 is 10.9. The molecule has 3 heterocycles. The molecule has 4 rings (SSSR count). The summed E-state index contributed by atoms with van der Waals surface area (Å²) in [5.41, 5.74) is 1.91. The number of carbonyl (C=O) groups excluding carboxylic acids is 1. The van der Waals surface area contributed by atoms with E-state index in [2.05, 4.69) is 9.88 Å². The van der Waals surface area contributed by atoms with Crippen LogP contribution in [0.1, 0.15) is 17.5 Å². The Morgan fingerprint density at radius 3 is 2.66 bits per heavy atom. The highest BCUT2D eigenvalue weighted by Gasteiger charge is 2.22. The molecule has 0 spiro atoms. The Balaban J connectivity index is 1.25. The summed E-state index contributed by atoms with van der Waals surface area (Å²) in [5, 5.41) is 3.11. The van der Waals surface area contributed by atoms with Gasteiger partial charge in [-0.3, -0.25) is 9.69 Å². The van der Waals surface area contributed by atoms with Crippen LogP contribution in [0, 0.1) is 0 Å². The minimum Gasteiger partial charge on any atom is -0.494 e. The van der Waals surface area contributed by atoms with Crippen molar-refractivity contribution in [3.05, 3.63) is 58.6 Å². The van der Waals surface area contributed by atoms with Gasteiger partial charge in [-0.1, -0.05) is 12.1 Å². The first-order valence-electron chi connectivity index (χ1n) is 9.91. The van der Waals surface area contributed by atoms with Crippen LogP contribution in [-0.2, 0) is 17.8 Å². The van der Waals surface area contributed by atoms with Gasteiger partial charge >= 0.3 is 0 Å². The van der Waals surface area contributed by atoms with Gasteiger partial charge in [0, 0.05) is 31.6 Å². The van der Waals surface area contributed by atoms with Gasteiger partial charge in [-0.15, -0.1) is 11.3 Å². The summed E-state index contributed by atoms with van der Waals surface area (Å²) in [7, 11) is 0. The fourth-order valence-corrected chi connectivity index (χ4v) is 4.25. The van der Waals surface area contributed by atoms with Crippen LogP contribution in [0.4, 0.5) is 0 Å². The smallest absolute Gasteiger partial charge is 0.227 e. The SMILES string of the molecule is CCOc1ccc(CC(=O)N2CCN(Cc3nc(-c4ccco4)cs3)CC2)cc1. The molecule has 1 aromatic carbocycles. The summed E-state index contributed by atoms with van der Waals surface area (Å²) in [5.74, 6) is 1.83. The Morgan fingerprint density at radius 1 is 1.17 bits per heavy atom. The van der Waals surface area contributed by atoms with Crippen LogP contribution in [0.3, 0.4) is 0 Å². The summed E-state index contributed by atoms with van der Waals surface area (Å²) in [6, 6.07) is 11.6. The fourth-order valence-electron chi connectivity index (χ4n) is 3.42. The molecule has 0 aliphatic carbocycles. The molecule has 3 aromatic rings. The fraction of sp³-hybridized carbons (Fsp3) is 0.364. The van der Waals surface area contributed by atoms with Crippen LogP contribution < -0.4 is 4.74 Å². The molecule has 1 amide bonds. The van der Waals surface area contributed by atoms with E-state index in [9.17, 15) is 4.79 Å². The van der Waals surface area contributed by atoms with Crippen LogP contribution in [0.25, 0.3) is 11.5 Å². The van der Waals surface area contributed by atoms with Gasteiger partial charge < -0.3 is 14.1 Å². The summed E-state index contributed by atoms with van der Waals surface area (Å²) in [4.78, 5) is 21.6. The maximum absolute atomic E-state index is 12.6. The second kappa shape index (κ2) is 9.24. The first-order chi connectivity index (χ1) is 14.2. The highest BCUT2D eigenvalue weighted by molar-refractivity contribution is 7.09. The molecule has 1 aliphatic rings. The van der Waals surface area contributed by atoms with Crippen molar-refractivity contribution in [3.8, 4) is 17.2 Å². The second-order valence-electron chi connectivity index (χ2n) is 7.01. The number of hydrogen-bond acceptors (Lipinski definition) is 6. The average Bonchev–Trinajstić information content (AvgIpc) is 3.42. The van der Waals surface area contributed by atoms with Gasteiger partial charge in [0.05, 0.1) is 25.8 Å². The number of rotatable bonds is 7. The standard InChI is InChI=1S/C22H25N3O3S/c1-2-27-18-7-5-17(6-8-18)14-22(26)25-11-9-24(10-12-25)15-21-23-19(16-29-21)20-4-3-13-28-20/h3-8,13,16H,2,9-12,14-15H2,1H3. The number of thiazole rings is 1. The van der Waals surface area contributed by atoms with E-state index in [1.165, 1.54) is 0 Å². The van der Waals surface area contributed by atoms with E-state index >= 15 is 0 Å². The van der Waals surface area contributed by atoms with Crippen molar-refractivity contribution in [2.45, 2.75) is 19.9 Å². The molecule has 0 atom stereocenters. The minimum atomic E-state index is 0.183. The summed E-state index contributed by atoms with van der Waals surface area (Å²) >= 11 is 1.65. The first kappa shape index (κ1) is 19.7. The lowest BCUT2D eigenvalue weighted by Crippen LogP contribution is -2.48. The number of piperazine rings is 1. The van der Waals surface area contributed by atoms with Crippen molar-refractivity contribution >= 4 is 17.2 Å². The van der Waals surface area contributed by atoms with E-state index in [1.54, 1.807) is 17.6 Å². The Morgan fingerprint density at radius 2 is 1.97 bits per heavy atom. The van der Waals surface area contributed by atoms with Gasteiger partial charge in [-0.05, 0) is 36.8 Å². The van der Waals surface area contributed by atoms with Crippen LogP contribution in [0.15, 0.2) is 52.5 Å². The van der Waals surface area contributed by atoms with Gasteiger partial charge in [-0.2, -0.15) is 0 Å². The molecule has 1 aliphatic heterocycles. The number of benzene rings is 1. The predicted molar refractivity (Wildman–Crippen MR) is 113 cm³/mol. The molecular formula is C22H25N3O3S. The predicted octanol–water partition coefficient (Wildman–Crippen LogP) is 3.69. The number of furan rings is 1. The molecule has 0 saturated carbocycles. The quantitative estimate of drug-likeness (QED) is 0.593. The third-order valence-corrected chi connectivity index (χ3v) is 5.83. The third kappa shape index (κ3) is 5.05. The Bertz CT molecular complexity index is 913. The molecule has 2 aromatic heterocycles. The normalized spacial score (nSPS) is 14.9. The lowest BCUT2D eigenvalue weighted by molar-refractivity contribution is -0.132. The number of ether oxygens (including phenoxy) is 1. The molecule has 152 valence electrons. The molecular weight excluding hydrogens is 386 g/mol. The van der Waals surface area contributed by atoms with Crippen molar-refractivity contribution in [1.29, 1.82) is 0 Å². The van der Waals surface area contributed by atoms with Gasteiger partial charge in [0.15, 0.2) is 5.76 Å². The van der Waals surface area contributed by atoms with Crippen molar-refractivity contribution < 1.29 is 13.9 Å². The van der Waals surface area contributed by atoms with Crippen LogP contribution in [-0.4, -0.2) is 53.5 Å². The van der Waals surface area contributed by atoms with E-state index in [4.69, 9.17) is 9.15 Å². The zero-order valence-corrected chi connectivity index (χ0v) is 17.4. The number of carbonyl (C=O) groups is 1. The Hall–Kier alpha value is -2.64. The molecule has 6 nitrogen and oxygen atoms in total. The molecule has 0 unspecified atom stereocenters. The van der Waals surface area contributed by atoms with E-state index in [-0.39, 0.29) is 5.91 Å². The van der Waals surface area contributed by atoms with E-state index in [0.717, 1.165) is 60.5 Å². The number of hydrogen-bond donors (Lipinski definition) is 0. The molecule has 0 N–H and O–H groups in total. The minimum absolute atomic E-state index is 0.183. The molecule has 0 radical (unpaired) electrons. The lowest BCUT2D eigenvalue weighted by atomic mass is 10.1. The summed E-state index contributed by atoms with van der Waals surface area (Å²) in [6.07, 6.45) is 2.10. The topological polar surface area (TPSA) is 58.8 Å². The molecule has 1 fully saturated rings. The molecule has 0 bridgehead atoms. The van der Waals surface area contributed by atoms with Crippen LogP contribution >= 0.6 is 11.3 Å². The average molecular weight is 412 g/mol. The number of nitrogens with zero attached hydrogens (tertiary/aromatic N) is 3. The van der Waals surface area contributed by atoms with Crippen molar-refractivity contribution in [3.63, 3.8) is 0 Å². The van der Waals surface area contributed by atoms with E-state index < -0.39 is 0 Å². The Kier molecular flexibility index (Phi) is 6.27. The van der Waals surface area contributed by atoms with E-state index in [0.29, 0.717) is 13.0 Å². The number of amides is 1. The van der Waals surface area contributed by atoms with E-state index in [1.807, 2.05) is 53.6 Å². The third-order valence-electron chi connectivity index (χ3n) is 5.00. The second-order valence-corrected chi connectivity index (χ2v) is 7.96. The Labute approximate surface area is 174 Å². The van der Waals surface area contributed by atoms with Gasteiger partial charge in [0.2, 0.25) is 5.91 Å². The van der Waals surface area contributed by atoms with Gasteiger partial charge in [0.25, 0.3) is 0 Å². The highest BCUT2D eigenvalue weighted by atomic mass is 32.1. The maximum Gasteiger partial charge on any atom is 0.227 e. The largest absolute Gasteiger partial charge is 0.494 e. The molecule has 29 heavy (non-hydrogen) atoms. The first-order valence-corrected chi connectivity index (χ1v) is 10.8. The zero-order chi connectivity index (χ0) is 20.1. The van der Waals surface area contributed by atoms with Crippen LogP contribution in [0.5, 0.6) is 5.75 Å². The molecule has 1 saturated heterocycles. The maximum atomic E-state index is 12.6.